The lowest BCUT2D eigenvalue weighted by atomic mass is 10.4. The van der Waals surface area contributed by atoms with Crippen LogP contribution in [0, 0.1) is 0 Å². The summed E-state index contributed by atoms with van der Waals surface area (Å²) in [4.78, 5) is 9.85. The van der Waals surface area contributed by atoms with Crippen LogP contribution in [-0.4, -0.2) is 26.6 Å². The molecule has 4 nitrogen and oxygen atoms in total. The fourth-order valence-corrected chi connectivity index (χ4v) is 1.59. The van der Waals surface area contributed by atoms with E-state index in [0.29, 0.717) is 12.8 Å². The van der Waals surface area contributed by atoms with E-state index in [0.717, 1.165) is 6.26 Å². The van der Waals surface area contributed by atoms with Crippen LogP contribution in [0.4, 0.5) is 0 Å². The maximum absolute atomic E-state index is 10.8. The maximum atomic E-state index is 10.8. The van der Waals surface area contributed by atoms with Gasteiger partial charge in [-0.2, -0.15) is 0 Å². The summed E-state index contributed by atoms with van der Waals surface area (Å²) in [5, 5.41) is 0. The zero-order chi connectivity index (χ0) is 8.91. The zero-order valence-electron chi connectivity index (χ0n) is 6.61. The number of hydrogen-bond donors (Lipinski definition) is 0. The molecular formula is C6H12O4S. The highest BCUT2D eigenvalue weighted by molar-refractivity contribution is 7.91. The predicted molar refractivity (Wildman–Crippen MR) is 40.7 cm³/mol. The number of rotatable bonds is 5. The monoisotopic (exact) mass is 180 g/mol. The van der Waals surface area contributed by atoms with Crippen molar-refractivity contribution in [1.82, 2.24) is 0 Å². The van der Waals surface area contributed by atoms with Gasteiger partial charge in [-0.05, 0) is 6.42 Å². The summed E-state index contributed by atoms with van der Waals surface area (Å²) in [7, 11) is -3.24. The molecule has 0 fully saturated rings. The van der Waals surface area contributed by atoms with Crippen LogP contribution in [0.25, 0.3) is 0 Å². The fraction of sp³-hybridized carbons (Fsp3) is 0.833. The van der Waals surface area contributed by atoms with Crippen LogP contribution in [-0.2, 0) is 19.4 Å². The fourth-order valence-electron chi connectivity index (χ4n) is 0.681. The van der Waals surface area contributed by atoms with Gasteiger partial charge in [0.2, 0.25) is 5.44 Å². The molecule has 0 aliphatic heterocycles. The van der Waals surface area contributed by atoms with Gasteiger partial charge in [0.1, 0.15) is 0 Å². The Morgan fingerprint density at radius 2 is 2.09 bits per heavy atom. The Morgan fingerprint density at radius 1 is 1.55 bits per heavy atom. The normalized spacial score (nSPS) is 14.0. The second kappa shape index (κ2) is 4.33. The van der Waals surface area contributed by atoms with Crippen LogP contribution in [0.5, 0.6) is 0 Å². The molecule has 66 valence electrons. The van der Waals surface area contributed by atoms with E-state index < -0.39 is 15.3 Å². The largest absolute Gasteiger partial charge is 0.448 e. The molecule has 0 saturated carbocycles. The Bertz CT molecular complexity index is 207. The number of carbonyl (C=O) groups is 1. The SMILES string of the molecule is CCCC(OC=O)S(C)(=O)=O. The highest BCUT2D eigenvalue weighted by atomic mass is 32.2. The van der Waals surface area contributed by atoms with Gasteiger partial charge >= 0.3 is 0 Å². The first kappa shape index (κ1) is 10.4. The van der Waals surface area contributed by atoms with Gasteiger partial charge in [-0.3, -0.25) is 4.79 Å². The highest BCUT2D eigenvalue weighted by Crippen LogP contribution is 2.07. The van der Waals surface area contributed by atoms with Crippen LogP contribution in [0.1, 0.15) is 19.8 Å². The molecule has 0 N–H and O–H groups in total. The van der Waals surface area contributed by atoms with Crippen molar-refractivity contribution in [3.05, 3.63) is 0 Å². The van der Waals surface area contributed by atoms with Gasteiger partial charge < -0.3 is 4.74 Å². The van der Waals surface area contributed by atoms with Gasteiger partial charge in [-0.1, -0.05) is 13.3 Å². The summed E-state index contributed by atoms with van der Waals surface area (Å²) in [5.41, 5.74) is -0.968. The molecule has 0 aromatic carbocycles. The zero-order valence-corrected chi connectivity index (χ0v) is 7.43. The molecule has 0 saturated heterocycles. The minimum atomic E-state index is -3.24. The number of carbonyl (C=O) groups excluding carboxylic acids is 1. The molecular weight excluding hydrogens is 168 g/mol. The van der Waals surface area contributed by atoms with E-state index in [2.05, 4.69) is 4.74 Å². The van der Waals surface area contributed by atoms with E-state index in [-0.39, 0.29) is 6.47 Å². The van der Waals surface area contributed by atoms with E-state index in [1.165, 1.54) is 0 Å². The summed E-state index contributed by atoms with van der Waals surface area (Å²) in [5.74, 6) is 0. The van der Waals surface area contributed by atoms with Gasteiger partial charge in [0, 0.05) is 6.26 Å². The van der Waals surface area contributed by atoms with Crippen molar-refractivity contribution < 1.29 is 17.9 Å². The molecule has 0 radical (unpaired) electrons. The average Bonchev–Trinajstić information content (AvgIpc) is 1.85. The Morgan fingerprint density at radius 3 is 2.36 bits per heavy atom. The van der Waals surface area contributed by atoms with Crippen molar-refractivity contribution in [3.8, 4) is 0 Å². The van der Waals surface area contributed by atoms with Gasteiger partial charge in [0.25, 0.3) is 6.47 Å². The number of hydrogen-bond acceptors (Lipinski definition) is 4. The minimum Gasteiger partial charge on any atom is -0.448 e. The van der Waals surface area contributed by atoms with E-state index in [4.69, 9.17) is 0 Å². The lowest BCUT2D eigenvalue weighted by molar-refractivity contribution is -0.130. The summed E-state index contributed by atoms with van der Waals surface area (Å²) >= 11 is 0. The van der Waals surface area contributed by atoms with Gasteiger partial charge in [-0.15, -0.1) is 0 Å². The third kappa shape index (κ3) is 3.98. The first-order valence-corrected chi connectivity index (χ1v) is 5.25. The predicted octanol–water partition coefficient (Wildman–Crippen LogP) is 0.330. The molecule has 0 aliphatic rings. The molecule has 0 bridgehead atoms. The first-order chi connectivity index (χ1) is 5.02. The smallest absolute Gasteiger partial charge is 0.294 e. The standard InChI is InChI=1S/C6H12O4S/c1-3-4-6(10-5-7)11(2,8)9/h5-6H,3-4H2,1-2H3. The third-order valence-electron chi connectivity index (χ3n) is 1.21. The van der Waals surface area contributed by atoms with Gasteiger partial charge in [-0.25, -0.2) is 8.42 Å². The molecule has 5 heteroatoms. The molecule has 0 aromatic heterocycles. The second-order valence-corrected chi connectivity index (χ2v) is 4.46. The van der Waals surface area contributed by atoms with Crippen LogP contribution >= 0.6 is 0 Å². The number of ether oxygens (including phenoxy) is 1. The van der Waals surface area contributed by atoms with E-state index in [1.54, 1.807) is 0 Å². The minimum absolute atomic E-state index is 0.168. The molecule has 11 heavy (non-hydrogen) atoms. The lowest BCUT2D eigenvalue weighted by Crippen LogP contribution is -2.22. The van der Waals surface area contributed by atoms with Gasteiger partial charge in [0.05, 0.1) is 0 Å². The van der Waals surface area contributed by atoms with Crippen molar-refractivity contribution in [1.29, 1.82) is 0 Å². The summed E-state index contributed by atoms with van der Waals surface area (Å²) < 4.78 is 26.0. The van der Waals surface area contributed by atoms with Crippen LogP contribution in [0.15, 0.2) is 0 Å². The lowest BCUT2D eigenvalue weighted by Gasteiger charge is -2.10. The van der Waals surface area contributed by atoms with Gasteiger partial charge in [0.15, 0.2) is 9.84 Å². The summed E-state index contributed by atoms with van der Waals surface area (Å²) in [6, 6.07) is 0. The average molecular weight is 180 g/mol. The van der Waals surface area contributed by atoms with Crippen LogP contribution < -0.4 is 0 Å². The molecule has 0 aromatic rings. The molecule has 0 spiro atoms. The van der Waals surface area contributed by atoms with Crippen LogP contribution in [0.2, 0.25) is 0 Å². The Hall–Kier alpha value is -0.580. The van der Waals surface area contributed by atoms with Crippen molar-refractivity contribution in [2.24, 2.45) is 0 Å². The Labute approximate surface area is 66.5 Å². The third-order valence-corrected chi connectivity index (χ3v) is 2.51. The Balaban J connectivity index is 4.21. The number of sulfone groups is 1. The highest BCUT2D eigenvalue weighted by Gasteiger charge is 2.19. The first-order valence-electron chi connectivity index (χ1n) is 3.30. The Kier molecular flexibility index (Phi) is 4.10. The molecule has 1 unspecified atom stereocenters. The topological polar surface area (TPSA) is 60.4 Å². The summed E-state index contributed by atoms with van der Waals surface area (Å²) in [6.45, 7) is 1.99. The van der Waals surface area contributed by atoms with Crippen molar-refractivity contribution in [2.45, 2.75) is 25.2 Å². The summed E-state index contributed by atoms with van der Waals surface area (Å²) in [6.07, 6.45) is 2.08. The van der Waals surface area contributed by atoms with Crippen molar-refractivity contribution in [3.63, 3.8) is 0 Å². The maximum Gasteiger partial charge on any atom is 0.294 e. The molecule has 0 amide bonds. The molecule has 1 atom stereocenters. The van der Waals surface area contributed by atoms with Crippen LogP contribution in [0.3, 0.4) is 0 Å². The molecule has 0 aliphatic carbocycles. The van der Waals surface area contributed by atoms with Crippen molar-refractivity contribution >= 4 is 16.3 Å². The second-order valence-electron chi connectivity index (χ2n) is 2.28. The van der Waals surface area contributed by atoms with E-state index in [1.807, 2.05) is 6.92 Å². The molecule has 0 rings (SSSR count). The molecule has 0 heterocycles. The van der Waals surface area contributed by atoms with E-state index in [9.17, 15) is 13.2 Å². The van der Waals surface area contributed by atoms with E-state index >= 15 is 0 Å². The van der Waals surface area contributed by atoms with Crippen molar-refractivity contribution in [2.75, 3.05) is 6.26 Å². The quantitative estimate of drug-likeness (QED) is 0.572.